The van der Waals surface area contributed by atoms with E-state index in [0.717, 1.165) is 11.4 Å². The summed E-state index contributed by atoms with van der Waals surface area (Å²) in [4.78, 5) is 14.4. The van der Waals surface area contributed by atoms with Crippen LogP contribution in [0.15, 0.2) is 36.9 Å². The van der Waals surface area contributed by atoms with Crippen molar-refractivity contribution < 1.29 is 9.90 Å². The summed E-state index contributed by atoms with van der Waals surface area (Å²) in [6, 6.07) is 7.59. The van der Waals surface area contributed by atoms with E-state index in [1.165, 1.54) is 0 Å². The van der Waals surface area contributed by atoms with Crippen LogP contribution in [0.25, 0.3) is 0 Å². The summed E-state index contributed by atoms with van der Waals surface area (Å²) in [5, 5.41) is 8.90. The average Bonchev–Trinajstić information content (AvgIpc) is 2.55. The third-order valence-corrected chi connectivity index (χ3v) is 2.77. The van der Waals surface area contributed by atoms with Crippen LogP contribution in [0.2, 0.25) is 0 Å². The number of hydrogen-bond acceptors (Lipinski definition) is 4. The number of para-hydroxylation sites is 2. The zero-order valence-electron chi connectivity index (χ0n) is 9.41. The smallest absolute Gasteiger partial charge is 0.323 e. The molecule has 0 amide bonds. The normalized spacial score (nSPS) is 18.1. The van der Waals surface area contributed by atoms with Crippen LogP contribution < -0.4 is 15.5 Å². The lowest BCUT2D eigenvalue weighted by Crippen LogP contribution is -2.51. The first kappa shape index (κ1) is 11.5. The Labute approximate surface area is 99.7 Å². The molecule has 2 rings (SSSR count). The highest BCUT2D eigenvalue weighted by Crippen LogP contribution is 2.37. The number of fused-ring (bicyclic) bond motifs is 1. The van der Waals surface area contributed by atoms with E-state index in [1.807, 2.05) is 29.2 Å². The van der Waals surface area contributed by atoms with Crippen molar-refractivity contribution in [1.29, 1.82) is 0 Å². The fourth-order valence-electron chi connectivity index (χ4n) is 2.07. The second-order valence-electron chi connectivity index (χ2n) is 3.87. The zero-order chi connectivity index (χ0) is 12.4. The molecule has 1 aliphatic heterocycles. The van der Waals surface area contributed by atoms with E-state index < -0.39 is 12.3 Å². The van der Waals surface area contributed by atoms with Crippen molar-refractivity contribution in [3.8, 4) is 0 Å². The molecule has 0 aliphatic carbocycles. The fraction of sp³-hybridized carbons (Fsp3) is 0.250. The Morgan fingerprint density at radius 2 is 2.00 bits per heavy atom. The molecule has 0 bridgehead atoms. The Morgan fingerprint density at radius 1 is 1.41 bits per heavy atom. The van der Waals surface area contributed by atoms with Gasteiger partial charge in [-0.25, -0.2) is 0 Å². The number of benzene rings is 1. The number of carboxylic acids is 1. The quantitative estimate of drug-likeness (QED) is 0.754. The second kappa shape index (κ2) is 4.47. The molecule has 0 saturated carbocycles. The minimum absolute atomic E-state index is 0.105. The highest BCUT2D eigenvalue weighted by molar-refractivity contribution is 5.83. The lowest BCUT2D eigenvalue weighted by molar-refractivity contribution is -0.135. The van der Waals surface area contributed by atoms with Crippen molar-refractivity contribution in [2.75, 3.05) is 22.9 Å². The Balaban J connectivity index is 2.37. The van der Waals surface area contributed by atoms with E-state index in [4.69, 9.17) is 10.8 Å². The molecule has 1 unspecified atom stereocenters. The van der Waals surface area contributed by atoms with Gasteiger partial charge in [-0.15, -0.1) is 6.58 Å². The van der Waals surface area contributed by atoms with Crippen LogP contribution in [0, 0.1) is 0 Å². The number of hydrogen-bond donors (Lipinski definition) is 2. The van der Waals surface area contributed by atoms with Gasteiger partial charge in [-0.1, -0.05) is 18.2 Å². The molecule has 0 radical (unpaired) electrons. The summed E-state index contributed by atoms with van der Waals surface area (Å²) in [6.07, 6.45) is 1.29. The average molecular weight is 233 g/mol. The van der Waals surface area contributed by atoms with Crippen molar-refractivity contribution in [2.45, 2.75) is 6.29 Å². The molecule has 1 heterocycles. The van der Waals surface area contributed by atoms with Gasteiger partial charge in [0.15, 0.2) is 6.29 Å². The zero-order valence-corrected chi connectivity index (χ0v) is 9.41. The van der Waals surface area contributed by atoms with Crippen LogP contribution in [0.5, 0.6) is 0 Å². The van der Waals surface area contributed by atoms with Gasteiger partial charge in [-0.2, -0.15) is 0 Å². The first-order valence-corrected chi connectivity index (χ1v) is 5.35. The maximum atomic E-state index is 10.8. The van der Waals surface area contributed by atoms with E-state index in [0.29, 0.717) is 6.54 Å². The molecule has 1 aliphatic rings. The topological polar surface area (TPSA) is 69.8 Å². The SMILES string of the molecule is C=CCN1c2ccccc2N(CC(=O)O)C1N. The van der Waals surface area contributed by atoms with E-state index in [2.05, 4.69) is 6.58 Å². The molecule has 3 N–H and O–H groups in total. The molecule has 0 spiro atoms. The third kappa shape index (κ3) is 1.97. The maximum absolute atomic E-state index is 10.8. The maximum Gasteiger partial charge on any atom is 0.323 e. The molecule has 0 aromatic heterocycles. The molecule has 1 aromatic carbocycles. The van der Waals surface area contributed by atoms with Crippen molar-refractivity contribution in [3.63, 3.8) is 0 Å². The molecular weight excluding hydrogens is 218 g/mol. The van der Waals surface area contributed by atoms with E-state index >= 15 is 0 Å². The Bertz CT molecular complexity index is 447. The van der Waals surface area contributed by atoms with Gasteiger partial charge in [0.05, 0.1) is 11.4 Å². The largest absolute Gasteiger partial charge is 0.480 e. The van der Waals surface area contributed by atoms with Crippen molar-refractivity contribution >= 4 is 17.3 Å². The highest BCUT2D eigenvalue weighted by Gasteiger charge is 2.33. The standard InChI is InChI=1S/C12H15N3O2/c1-2-7-14-9-5-3-4-6-10(9)15(12(14)13)8-11(16)17/h2-6,12H,1,7-8,13H2,(H,16,17). The van der Waals surface area contributed by atoms with E-state index in [9.17, 15) is 4.79 Å². The van der Waals surface area contributed by atoms with Crippen molar-refractivity contribution in [3.05, 3.63) is 36.9 Å². The van der Waals surface area contributed by atoms with Crippen molar-refractivity contribution in [2.24, 2.45) is 5.73 Å². The van der Waals surface area contributed by atoms with Gasteiger partial charge < -0.3 is 14.9 Å². The number of rotatable bonds is 4. The molecule has 0 saturated heterocycles. The number of carboxylic acid groups (broad SMARTS) is 1. The van der Waals surface area contributed by atoms with Crippen LogP contribution in [-0.4, -0.2) is 30.5 Å². The molecule has 1 aromatic rings. The van der Waals surface area contributed by atoms with Gasteiger partial charge in [0.25, 0.3) is 0 Å². The first-order valence-electron chi connectivity index (χ1n) is 5.35. The van der Waals surface area contributed by atoms with Gasteiger partial charge in [0.2, 0.25) is 0 Å². The molecule has 0 fully saturated rings. The first-order chi connectivity index (χ1) is 8.15. The van der Waals surface area contributed by atoms with Crippen LogP contribution in [0.4, 0.5) is 11.4 Å². The molecular formula is C12H15N3O2. The van der Waals surface area contributed by atoms with E-state index in [1.54, 1.807) is 11.0 Å². The van der Waals surface area contributed by atoms with Gasteiger partial charge in [-0.3, -0.25) is 10.5 Å². The van der Waals surface area contributed by atoms with Crippen LogP contribution in [0.3, 0.4) is 0 Å². The molecule has 90 valence electrons. The third-order valence-electron chi connectivity index (χ3n) is 2.77. The summed E-state index contributed by atoms with van der Waals surface area (Å²) in [5.74, 6) is -0.893. The molecule has 17 heavy (non-hydrogen) atoms. The Morgan fingerprint density at radius 3 is 2.53 bits per heavy atom. The van der Waals surface area contributed by atoms with Gasteiger partial charge in [-0.05, 0) is 12.1 Å². The van der Waals surface area contributed by atoms with Gasteiger partial charge in [0.1, 0.15) is 6.54 Å². The lowest BCUT2D eigenvalue weighted by atomic mass is 10.2. The predicted octanol–water partition coefficient (Wildman–Crippen LogP) is 0.826. The number of anilines is 2. The number of aliphatic carboxylic acids is 1. The summed E-state index contributed by atoms with van der Waals surface area (Å²) in [7, 11) is 0. The summed E-state index contributed by atoms with van der Waals surface area (Å²) in [6.45, 7) is 4.17. The van der Waals surface area contributed by atoms with Crippen LogP contribution >= 0.6 is 0 Å². The predicted molar refractivity (Wildman–Crippen MR) is 66.9 cm³/mol. The van der Waals surface area contributed by atoms with Gasteiger partial charge in [0, 0.05) is 6.54 Å². The number of nitrogens with two attached hydrogens (primary N) is 1. The minimum Gasteiger partial charge on any atom is -0.480 e. The summed E-state index contributed by atoms with van der Waals surface area (Å²) < 4.78 is 0. The number of nitrogens with zero attached hydrogens (tertiary/aromatic N) is 2. The van der Waals surface area contributed by atoms with Gasteiger partial charge >= 0.3 is 5.97 Å². The summed E-state index contributed by atoms with van der Waals surface area (Å²) in [5.41, 5.74) is 7.85. The Hall–Kier alpha value is -2.01. The van der Waals surface area contributed by atoms with Crippen LogP contribution in [-0.2, 0) is 4.79 Å². The highest BCUT2D eigenvalue weighted by atomic mass is 16.4. The molecule has 1 atom stereocenters. The minimum atomic E-state index is -0.893. The van der Waals surface area contributed by atoms with Crippen LogP contribution in [0.1, 0.15) is 0 Å². The van der Waals surface area contributed by atoms with E-state index in [-0.39, 0.29) is 6.54 Å². The fourth-order valence-corrected chi connectivity index (χ4v) is 2.07. The second-order valence-corrected chi connectivity index (χ2v) is 3.87. The monoisotopic (exact) mass is 233 g/mol. The Kier molecular flexibility index (Phi) is 3.01. The molecule has 5 nitrogen and oxygen atoms in total. The summed E-state index contributed by atoms with van der Waals surface area (Å²) >= 11 is 0. The lowest BCUT2D eigenvalue weighted by Gasteiger charge is -2.27. The molecule has 5 heteroatoms. The van der Waals surface area contributed by atoms with Crippen molar-refractivity contribution in [1.82, 2.24) is 0 Å². The number of carbonyl (C=O) groups is 1.